The normalized spacial score (nSPS) is 11.7. The number of hydrogen-bond donors (Lipinski definition) is 1. The average molecular weight is 526 g/mol. The standard InChI is InChI=1S/C22H15Cl2F2N3O4S/c23-14-7-10-19(17(24)11-14)34(31,32)28-21(30)20-16-3-1-2-4-18(16)29(27-20)12-13-5-8-15(9-6-13)33-22(25)26/h1-11,22H,12H2,(H,28,30). The number of carbonyl (C=O) groups excluding carboxylic acids is 1. The molecule has 4 rings (SSSR count). The summed E-state index contributed by atoms with van der Waals surface area (Å²) in [6.07, 6.45) is 0. The molecular formula is C22H15Cl2F2N3O4S. The minimum atomic E-state index is -4.30. The molecule has 0 radical (unpaired) electrons. The zero-order chi connectivity index (χ0) is 24.5. The molecule has 34 heavy (non-hydrogen) atoms. The second-order valence-electron chi connectivity index (χ2n) is 7.06. The van der Waals surface area contributed by atoms with E-state index in [1.165, 1.54) is 35.0 Å². The van der Waals surface area contributed by atoms with Crippen molar-refractivity contribution in [3.05, 3.63) is 88.0 Å². The third-order valence-electron chi connectivity index (χ3n) is 4.76. The number of amides is 1. The number of para-hydroxylation sites is 1. The first-order valence-electron chi connectivity index (χ1n) is 9.65. The third-order valence-corrected chi connectivity index (χ3v) is 6.81. The Morgan fingerprint density at radius 3 is 2.44 bits per heavy atom. The first-order chi connectivity index (χ1) is 16.1. The zero-order valence-corrected chi connectivity index (χ0v) is 19.4. The van der Waals surface area contributed by atoms with Gasteiger partial charge in [-0.15, -0.1) is 0 Å². The summed E-state index contributed by atoms with van der Waals surface area (Å²) in [4.78, 5) is 12.6. The van der Waals surface area contributed by atoms with Crippen LogP contribution in [0.4, 0.5) is 8.78 Å². The summed E-state index contributed by atoms with van der Waals surface area (Å²) in [5.74, 6) is -0.933. The number of hydrogen-bond acceptors (Lipinski definition) is 5. The first-order valence-corrected chi connectivity index (χ1v) is 11.9. The highest BCUT2D eigenvalue weighted by atomic mass is 35.5. The second kappa shape index (κ2) is 9.57. The Bertz CT molecular complexity index is 1480. The maximum Gasteiger partial charge on any atom is 0.387 e. The van der Waals surface area contributed by atoms with E-state index in [1.54, 1.807) is 36.4 Å². The van der Waals surface area contributed by atoms with Gasteiger partial charge in [0.1, 0.15) is 10.6 Å². The summed E-state index contributed by atoms with van der Waals surface area (Å²) >= 11 is 11.8. The van der Waals surface area contributed by atoms with Gasteiger partial charge in [-0.05, 0) is 42.0 Å². The Hall–Kier alpha value is -3.21. The fourth-order valence-corrected chi connectivity index (χ4v) is 5.01. The fraction of sp³-hybridized carbons (Fsp3) is 0.0909. The smallest absolute Gasteiger partial charge is 0.387 e. The summed E-state index contributed by atoms with van der Waals surface area (Å²) in [5, 5.41) is 4.84. The van der Waals surface area contributed by atoms with Crippen LogP contribution in [-0.2, 0) is 16.6 Å². The number of fused-ring (bicyclic) bond motifs is 1. The predicted octanol–water partition coefficient (Wildman–Crippen LogP) is 5.11. The van der Waals surface area contributed by atoms with Gasteiger partial charge in [0.25, 0.3) is 15.9 Å². The number of rotatable bonds is 7. The van der Waals surface area contributed by atoms with Crippen molar-refractivity contribution in [2.45, 2.75) is 18.1 Å². The van der Waals surface area contributed by atoms with Gasteiger partial charge in [-0.25, -0.2) is 13.1 Å². The van der Waals surface area contributed by atoms with Crippen LogP contribution in [0, 0.1) is 0 Å². The summed E-state index contributed by atoms with van der Waals surface area (Å²) in [7, 11) is -4.30. The van der Waals surface area contributed by atoms with Gasteiger partial charge in [0.05, 0.1) is 17.1 Å². The van der Waals surface area contributed by atoms with E-state index in [2.05, 4.69) is 9.84 Å². The lowest BCUT2D eigenvalue weighted by atomic mass is 10.2. The topological polar surface area (TPSA) is 90.3 Å². The molecule has 1 N–H and O–H groups in total. The summed E-state index contributed by atoms with van der Waals surface area (Å²) < 4.78 is 58.0. The van der Waals surface area contributed by atoms with Crippen LogP contribution in [-0.4, -0.2) is 30.7 Å². The molecule has 1 aromatic heterocycles. The van der Waals surface area contributed by atoms with Crippen LogP contribution in [0.25, 0.3) is 10.9 Å². The predicted molar refractivity (Wildman–Crippen MR) is 123 cm³/mol. The van der Waals surface area contributed by atoms with Gasteiger partial charge in [-0.2, -0.15) is 13.9 Å². The monoisotopic (exact) mass is 525 g/mol. The summed E-state index contributed by atoms with van der Waals surface area (Å²) in [6.45, 7) is -2.74. The van der Waals surface area contributed by atoms with Gasteiger partial charge in [-0.3, -0.25) is 9.48 Å². The molecule has 0 fully saturated rings. The molecule has 7 nitrogen and oxygen atoms in total. The number of ether oxygens (including phenoxy) is 1. The molecule has 0 atom stereocenters. The average Bonchev–Trinajstić information content (AvgIpc) is 3.13. The molecule has 0 aliphatic rings. The van der Waals surface area contributed by atoms with E-state index < -0.39 is 22.5 Å². The van der Waals surface area contributed by atoms with Crippen LogP contribution in [0.1, 0.15) is 16.1 Å². The molecule has 0 saturated carbocycles. The van der Waals surface area contributed by atoms with Gasteiger partial charge >= 0.3 is 6.61 Å². The molecule has 3 aromatic carbocycles. The molecule has 1 amide bonds. The molecular weight excluding hydrogens is 511 g/mol. The Balaban J connectivity index is 1.63. The summed E-state index contributed by atoms with van der Waals surface area (Å²) in [6, 6.07) is 16.5. The van der Waals surface area contributed by atoms with E-state index >= 15 is 0 Å². The molecule has 12 heteroatoms. The Kier molecular flexibility index (Phi) is 6.74. The van der Waals surface area contributed by atoms with Gasteiger partial charge in [0.15, 0.2) is 5.69 Å². The highest BCUT2D eigenvalue weighted by Crippen LogP contribution is 2.26. The highest BCUT2D eigenvalue weighted by Gasteiger charge is 2.25. The quantitative estimate of drug-likeness (QED) is 0.362. The lowest BCUT2D eigenvalue weighted by Crippen LogP contribution is -2.31. The van der Waals surface area contributed by atoms with Crippen molar-refractivity contribution in [2.24, 2.45) is 0 Å². The maximum atomic E-state index is 12.9. The van der Waals surface area contributed by atoms with E-state index in [9.17, 15) is 22.0 Å². The van der Waals surface area contributed by atoms with Crippen LogP contribution < -0.4 is 9.46 Å². The van der Waals surface area contributed by atoms with Gasteiger partial charge in [-0.1, -0.05) is 53.5 Å². The zero-order valence-electron chi connectivity index (χ0n) is 17.1. The van der Waals surface area contributed by atoms with E-state index in [0.29, 0.717) is 16.5 Å². The molecule has 1 heterocycles. The number of carbonyl (C=O) groups is 1. The minimum Gasteiger partial charge on any atom is -0.435 e. The lowest BCUT2D eigenvalue weighted by Gasteiger charge is -2.08. The molecule has 4 aromatic rings. The van der Waals surface area contributed by atoms with Crippen molar-refractivity contribution >= 4 is 50.0 Å². The molecule has 0 aliphatic heterocycles. The third kappa shape index (κ3) is 5.14. The number of sulfonamides is 1. The van der Waals surface area contributed by atoms with Gasteiger partial charge in [0.2, 0.25) is 0 Å². The Morgan fingerprint density at radius 2 is 1.76 bits per heavy atom. The first kappa shape index (κ1) is 23.9. The van der Waals surface area contributed by atoms with E-state index in [1.807, 2.05) is 4.72 Å². The van der Waals surface area contributed by atoms with E-state index in [0.717, 1.165) is 0 Å². The Morgan fingerprint density at radius 1 is 1.06 bits per heavy atom. The van der Waals surface area contributed by atoms with Crippen LogP contribution in [0.2, 0.25) is 10.0 Å². The molecule has 0 unspecified atom stereocenters. The molecule has 176 valence electrons. The Labute approximate surface area is 202 Å². The van der Waals surface area contributed by atoms with Crippen LogP contribution in [0.3, 0.4) is 0 Å². The van der Waals surface area contributed by atoms with Crippen molar-refractivity contribution in [2.75, 3.05) is 0 Å². The van der Waals surface area contributed by atoms with E-state index in [-0.39, 0.29) is 32.9 Å². The SMILES string of the molecule is O=C(NS(=O)(=O)c1ccc(Cl)cc1Cl)c1nn(Cc2ccc(OC(F)F)cc2)c2ccccc12. The molecule has 0 aliphatic carbocycles. The molecule has 0 spiro atoms. The van der Waals surface area contributed by atoms with Crippen molar-refractivity contribution in [1.82, 2.24) is 14.5 Å². The highest BCUT2D eigenvalue weighted by molar-refractivity contribution is 7.90. The largest absolute Gasteiger partial charge is 0.435 e. The van der Waals surface area contributed by atoms with Crippen molar-refractivity contribution in [3.8, 4) is 5.75 Å². The van der Waals surface area contributed by atoms with Gasteiger partial charge in [0, 0.05) is 10.4 Å². The van der Waals surface area contributed by atoms with Gasteiger partial charge < -0.3 is 4.74 Å². The summed E-state index contributed by atoms with van der Waals surface area (Å²) in [5.41, 5.74) is 1.16. The number of nitrogens with zero attached hydrogens (tertiary/aromatic N) is 2. The van der Waals surface area contributed by atoms with Crippen LogP contribution >= 0.6 is 23.2 Å². The van der Waals surface area contributed by atoms with E-state index in [4.69, 9.17) is 23.2 Å². The van der Waals surface area contributed by atoms with Crippen LogP contribution in [0.15, 0.2) is 71.6 Å². The number of alkyl halides is 2. The number of nitrogens with one attached hydrogen (secondary N) is 1. The van der Waals surface area contributed by atoms with Crippen molar-refractivity contribution in [1.29, 1.82) is 0 Å². The fourth-order valence-electron chi connectivity index (χ4n) is 3.28. The minimum absolute atomic E-state index is 0.00945. The van der Waals surface area contributed by atoms with Crippen molar-refractivity contribution < 1.29 is 26.7 Å². The molecule has 0 bridgehead atoms. The molecule has 0 saturated heterocycles. The maximum absolute atomic E-state index is 12.9. The number of benzene rings is 3. The second-order valence-corrected chi connectivity index (χ2v) is 9.55. The number of halogens is 4. The van der Waals surface area contributed by atoms with Crippen LogP contribution in [0.5, 0.6) is 5.75 Å². The van der Waals surface area contributed by atoms with Crippen molar-refractivity contribution in [3.63, 3.8) is 0 Å². The number of aromatic nitrogens is 2. The lowest BCUT2D eigenvalue weighted by molar-refractivity contribution is -0.0498.